The highest BCUT2D eigenvalue weighted by Crippen LogP contribution is 2.40. The molecule has 0 N–H and O–H groups in total. The molecule has 0 spiro atoms. The smallest absolute Gasteiger partial charge is 0.398 e. The normalized spacial score (nSPS) is 21.1. The molecule has 2 heterocycles. The van der Waals surface area contributed by atoms with E-state index >= 15 is 0 Å². The van der Waals surface area contributed by atoms with Gasteiger partial charge in [-0.3, -0.25) is 4.68 Å². The molecule has 0 radical (unpaired) electrons. The van der Waals surface area contributed by atoms with Crippen LogP contribution < -0.4 is 0 Å². The Morgan fingerprint density at radius 1 is 1.38 bits per heavy atom. The van der Waals surface area contributed by atoms with E-state index in [2.05, 4.69) is 11.0 Å². The molecule has 21 heavy (non-hydrogen) atoms. The van der Waals surface area contributed by atoms with Crippen LogP contribution in [0.3, 0.4) is 0 Å². The third-order valence-corrected chi connectivity index (χ3v) is 4.14. The highest BCUT2D eigenvalue weighted by molar-refractivity contribution is 6.55. The number of rotatable bonds is 3. The van der Waals surface area contributed by atoms with Crippen molar-refractivity contribution in [2.75, 3.05) is 0 Å². The predicted molar refractivity (Wildman–Crippen MR) is 80.8 cm³/mol. The Bertz CT molecular complexity index is 597. The van der Waals surface area contributed by atoms with Crippen molar-refractivity contribution < 1.29 is 13.7 Å². The Kier molecular flexibility index (Phi) is 4.01. The fraction of sp³-hybridized carbons (Fsp3) is 0.533. The van der Waals surface area contributed by atoms with Crippen molar-refractivity contribution >= 4 is 12.7 Å². The molecule has 0 saturated carbocycles. The number of halogens is 1. The molecule has 0 atom stereocenters. The van der Waals surface area contributed by atoms with Crippen molar-refractivity contribution in [3.8, 4) is 12.3 Å². The fourth-order valence-electron chi connectivity index (χ4n) is 2.00. The molecule has 2 rings (SSSR count). The molecule has 0 bridgehead atoms. The third kappa shape index (κ3) is 2.90. The quantitative estimate of drug-likeness (QED) is 0.634. The van der Waals surface area contributed by atoms with Crippen LogP contribution in [0.15, 0.2) is 18.1 Å². The van der Waals surface area contributed by atoms with Gasteiger partial charge in [-0.2, -0.15) is 5.10 Å². The molecular formula is C15H20BFN2O2. The maximum atomic E-state index is 14.6. The Morgan fingerprint density at radius 2 is 1.95 bits per heavy atom. The van der Waals surface area contributed by atoms with Gasteiger partial charge in [0.25, 0.3) is 0 Å². The zero-order valence-corrected chi connectivity index (χ0v) is 13.1. The molecule has 0 unspecified atom stereocenters. The van der Waals surface area contributed by atoms with Crippen LogP contribution in [0, 0.1) is 12.3 Å². The summed E-state index contributed by atoms with van der Waals surface area (Å²) in [7, 11) is -0.994. The summed E-state index contributed by atoms with van der Waals surface area (Å²) in [5, 5.41) is 4.08. The Balaban J connectivity index is 2.25. The molecule has 1 aromatic heterocycles. The second kappa shape index (κ2) is 5.32. The SMILES string of the molecule is C#CCn1cc(C(C)=C(F)B2OC(C)(C)C(C)(C)O2)cn1. The van der Waals surface area contributed by atoms with Crippen molar-refractivity contribution in [3.05, 3.63) is 23.7 Å². The van der Waals surface area contributed by atoms with E-state index in [1.165, 1.54) is 0 Å². The third-order valence-electron chi connectivity index (χ3n) is 4.14. The summed E-state index contributed by atoms with van der Waals surface area (Å²) >= 11 is 0. The van der Waals surface area contributed by atoms with Crippen molar-refractivity contribution in [1.29, 1.82) is 0 Å². The largest absolute Gasteiger partial charge is 0.525 e. The lowest BCUT2D eigenvalue weighted by molar-refractivity contribution is 0.00578. The Hall–Kier alpha value is -1.58. The van der Waals surface area contributed by atoms with Crippen LogP contribution in [0.25, 0.3) is 5.57 Å². The van der Waals surface area contributed by atoms with Gasteiger partial charge in [0.05, 0.1) is 17.4 Å². The van der Waals surface area contributed by atoms with Gasteiger partial charge in [0.2, 0.25) is 0 Å². The summed E-state index contributed by atoms with van der Waals surface area (Å²) in [4.78, 5) is 0. The molecule has 0 amide bonds. The maximum absolute atomic E-state index is 14.6. The van der Waals surface area contributed by atoms with E-state index in [0.29, 0.717) is 17.7 Å². The van der Waals surface area contributed by atoms with Crippen molar-refractivity contribution in [1.82, 2.24) is 9.78 Å². The lowest BCUT2D eigenvalue weighted by atomic mass is 9.84. The molecule has 4 nitrogen and oxygen atoms in total. The van der Waals surface area contributed by atoms with E-state index in [1.54, 1.807) is 24.0 Å². The van der Waals surface area contributed by atoms with Gasteiger partial charge in [0, 0.05) is 11.8 Å². The highest BCUT2D eigenvalue weighted by atomic mass is 19.1. The van der Waals surface area contributed by atoms with Crippen LogP contribution >= 0.6 is 0 Å². The van der Waals surface area contributed by atoms with Crippen molar-refractivity contribution in [2.45, 2.75) is 52.4 Å². The number of nitrogens with zero attached hydrogens (tertiary/aromatic N) is 2. The second-order valence-corrected chi connectivity index (χ2v) is 6.19. The summed E-state index contributed by atoms with van der Waals surface area (Å²) in [6, 6.07) is 0. The molecule has 1 aromatic rings. The summed E-state index contributed by atoms with van der Waals surface area (Å²) in [6.45, 7) is 9.59. The van der Waals surface area contributed by atoms with E-state index in [1.807, 2.05) is 27.7 Å². The molecule has 0 aliphatic carbocycles. The maximum Gasteiger partial charge on any atom is 0.525 e. The van der Waals surface area contributed by atoms with E-state index < -0.39 is 24.0 Å². The number of allylic oxidation sites excluding steroid dienone is 1. The summed E-state index contributed by atoms with van der Waals surface area (Å²) in [5.74, 6) is 2.48. The van der Waals surface area contributed by atoms with Crippen LogP contribution in [0.4, 0.5) is 4.39 Å². The molecule has 6 heteroatoms. The molecule has 1 aliphatic rings. The molecule has 1 aliphatic heterocycles. The lowest BCUT2D eigenvalue weighted by Crippen LogP contribution is -2.41. The predicted octanol–water partition coefficient (Wildman–Crippen LogP) is 2.85. The monoisotopic (exact) mass is 290 g/mol. The molecular weight excluding hydrogens is 270 g/mol. The zero-order chi connectivity index (χ0) is 15.8. The average Bonchev–Trinajstić information content (AvgIpc) is 2.92. The fourth-order valence-corrected chi connectivity index (χ4v) is 2.00. The first-order valence-corrected chi connectivity index (χ1v) is 6.86. The first kappa shape index (κ1) is 15.8. The summed E-state index contributed by atoms with van der Waals surface area (Å²) in [5.41, 5.74) is -0.463. The number of aromatic nitrogens is 2. The summed E-state index contributed by atoms with van der Waals surface area (Å²) in [6.07, 6.45) is 8.52. The first-order valence-electron chi connectivity index (χ1n) is 6.86. The van der Waals surface area contributed by atoms with E-state index in [-0.39, 0.29) is 0 Å². The van der Waals surface area contributed by atoms with Crippen LogP contribution in [0.1, 0.15) is 40.2 Å². The Labute approximate surface area is 125 Å². The zero-order valence-electron chi connectivity index (χ0n) is 13.1. The number of hydrogen-bond acceptors (Lipinski definition) is 3. The highest BCUT2D eigenvalue weighted by Gasteiger charge is 2.53. The summed E-state index contributed by atoms with van der Waals surface area (Å²) < 4.78 is 27.6. The molecule has 0 aromatic carbocycles. The first-order chi connectivity index (χ1) is 9.68. The minimum absolute atomic E-state index is 0.353. The molecule has 1 saturated heterocycles. The minimum Gasteiger partial charge on any atom is -0.398 e. The van der Waals surface area contributed by atoms with Gasteiger partial charge >= 0.3 is 7.12 Å². The van der Waals surface area contributed by atoms with Crippen LogP contribution in [0.5, 0.6) is 0 Å². The van der Waals surface area contributed by atoms with Crippen molar-refractivity contribution in [3.63, 3.8) is 0 Å². The van der Waals surface area contributed by atoms with E-state index in [9.17, 15) is 4.39 Å². The van der Waals surface area contributed by atoms with Crippen LogP contribution in [-0.4, -0.2) is 28.1 Å². The standard InChI is InChI=1S/C15H20BFN2O2/c1-7-8-19-10-12(9-18-19)11(2)13(17)16-20-14(3,4)15(5,6)21-16/h1,9-10H,8H2,2-6H3. The van der Waals surface area contributed by atoms with Gasteiger partial charge in [-0.15, -0.1) is 6.42 Å². The molecule has 112 valence electrons. The van der Waals surface area contributed by atoms with Crippen LogP contribution in [0.2, 0.25) is 0 Å². The van der Waals surface area contributed by atoms with E-state index in [4.69, 9.17) is 15.7 Å². The van der Waals surface area contributed by atoms with Gasteiger partial charge in [0.15, 0.2) is 0 Å². The van der Waals surface area contributed by atoms with E-state index in [0.717, 1.165) is 0 Å². The van der Waals surface area contributed by atoms with Gasteiger partial charge in [-0.25, -0.2) is 4.39 Å². The van der Waals surface area contributed by atoms with Crippen molar-refractivity contribution in [2.24, 2.45) is 0 Å². The molecule has 1 fully saturated rings. The van der Waals surface area contributed by atoms with Gasteiger partial charge in [-0.1, -0.05) is 5.92 Å². The Morgan fingerprint density at radius 3 is 2.48 bits per heavy atom. The average molecular weight is 290 g/mol. The number of terminal acetylenes is 1. The van der Waals surface area contributed by atoms with Crippen LogP contribution in [-0.2, 0) is 15.9 Å². The van der Waals surface area contributed by atoms with Gasteiger partial charge in [-0.05, 0) is 40.2 Å². The topological polar surface area (TPSA) is 36.3 Å². The minimum atomic E-state index is -0.994. The van der Waals surface area contributed by atoms with Gasteiger partial charge < -0.3 is 9.31 Å². The number of hydrogen-bond donors (Lipinski definition) is 0. The second-order valence-electron chi connectivity index (χ2n) is 6.19. The lowest BCUT2D eigenvalue weighted by Gasteiger charge is -2.32. The van der Waals surface area contributed by atoms with Gasteiger partial charge in [0.1, 0.15) is 12.3 Å².